The van der Waals surface area contributed by atoms with E-state index in [1.54, 1.807) is 7.11 Å². The zero-order valence-corrected chi connectivity index (χ0v) is 27.1. The zero-order valence-electron chi connectivity index (χ0n) is 25.6. The van der Waals surface area contributed by atoms with E-state index in [4.69, 9.17) is 37.7 Å². The third-order valence-electron chi connectivity index (χ3n) is 8.88. The number of methoxy groups -OCH3 is 1. The van der Waals surface area contributed by atoms with Crippen molar-refractivity contribution < 1.29 is 14.3 Å². The number of halogens is 2. The number of likely N-dealkylation sites (tertiary alicyclic amines) is 2. The molecule has 0 aliphatic carbocycles. The van der Waals surface area contributed by atoms with Gasteiger partial charge in [0, 0.05) is 35.2 Å². The summed E-state index contributed by atoms with van der Waals surface area (Å²) in [5.41, 5.74) is 2.67. The number of ether oxygens (including phenoxy) is 2. The number of carbonyl (C=O) groups excluding carboxylic acids is 1. The van der Waals surface area contributed by atoms with E-state index in [-0.39, 0.29) is 18.2 Å². The van der Waals surface area contributed by atoms with E-state index in [0.29, 0.717) is 46.5 Å². The van der Waals surface area contributed by atoms with Gasteiger partial charge >= 0.3 is 6.03 Å². The van der Waals surface area contributed by atoms with Crippen molar-refractivity contribution >= 4 is 35.1 Å². The quantitative estimate of drug-likeness (QED) is 0.264. The molecule has 2 unspecified atom stereocenters. The lowest BCUT2D eigenvalue weighted by Gasteiger charge is -2.40. The molecule has 0 bridgehead atoms. The van der Waals surface area contributed by atoms with Crippen LogP contribution in [0.2, 0.25) is 10.0 Å². The van der Waals surface area contributed by atoms with Gasteiger partial charge in [-0.05, 0) is 100 Å². The molecule has 0 aromatic heterocycles. The van der Waals surface area contributed by atoms with Crippen molar-refractivity contribution in [3.8, 4) is 11.5 Å². The zero-order chi connectivity index (χ0) is 30.8. The Kier molecular flexibility index (Phi) is 9.36. The van der Waals surface area contributed by atoms with Gasteiger partial charge in [0.1, 0.15) is 23.4 Å². The fraction of sp³-hybridized carbons (Fsp3) is 0.429. The molecule has 6 rings (SSSR count). The number of nitrogens with zero attached hydrogens (tertiary/aromatic N) is 4. The summed E-state index contributed by atoms with van der Waals surface area (Å²) in [6.45, 7) is 7.72. The van der Waals surface area contributed by atoms with E-state index >= 15 is 0 Å². The van der Waals surface area contributed by atoms with Gasteiger partial charge in [0.25, 0.3) is 0 Å². The first-order valence-corrected chi connectivity index (χ1v) is 16.3. The lowest BCUT2D eigenvalue weighted by Crippen LogP contribution is -2.52. The summed E-state index contributed by atoms with van der Waals surface area (Å²) < 4.78 is 11.8. The van der Waals surface area contributed by atoms with Gasteiger partial charge < -0.3 is 19.3 Å². The van der Waals surface area contributed by atoms with Crippen molar-refractivity contribution in [3.05, 3.63) is 93.5 Å². The number of piperidine rings is 1. The summed E-state index contributed by atoms with van der Waals surface area (Å²) >= 11 is 12.6. The molecule has 2 saturated heterocycles. The Bertz CT molecular complexity index is 1480. The van der Waals surface area contributed by atoms with E-state index in [9.17, 15) is 4.79 Å². The third-order valence-corrected chi connectivity index (χ3v) is 9.38. The molecule has 3 aliphatic rings. The summed E-state index contributed by atoms with van der Waals surface area (Å²) in [5.74, 6) is 1.87. The molecular formula is C35H40Cl2N4O3. The minimum absolute atomic E-state index is 0.0497. The van der Waals surface area contributed by atoms with Gasteiger partial charge in [0.2, 0.25) is 0 Å². The second-order valence-electron chi connectivity index (χ2n) is 12.1. The molecule has 0 spiro atoms. The van der Waals surface area contributed by atoms with Crippen molar-refractivity contribution in [2.75, 3.05) is 33.3 Å². The smallest absolute Gasteiger partial charge is 0.326 e. The molecule has 0 saturated carbocycles. The number of amidine groups is 1. The molecule has 44 heavy (non-hydrogen) atoms. The fourth-order valence-corrected chi connectivity index (χ4v) is 6.95. The highest BCUT2D eigenvalue weighted by Crippen LogP contribution is 2.46. The maximum absolute atomic E-state index is 14.8. The molecule has 2 fully saturated rings. The van der Waals surface area contributed by atoms with Crippen LogP contribution >= 0.6 is 23.2 Å². The van der Waals surface area contributed by atoms with Crippen molar-refractivity contribution in [1.29, 1.82) is 0 Å². The summed E-state index contributed by atoms with van der Waals surface area (Å²) in [6, 6.07) is 20.9. The molecule has 3 aromatic carbocycles. The SMILES string of the molecule is COc1ccc(C2=NC(c3ccc(Cl)cc3)C(c3ccc(Cl)cc3)N2C(=O)N2CCC(N3CCCC3)CC2)c(OC(C)C)c1. The predicted octanol–water partition coefficient (Wildman–Crippen LogP) is 8.01. The Balaban J connectivity index is 1.44. The first-order chi connectivity index (χ1) is 21.3. The van der Waals surface area contributed by atoms with E-state index in [1.165, 1.54) is 25.9 Å². The average Bonchev–Trinajstić information content (AvgIpc) is 3.71. The van der Waals surface area contributed by atoms with E-state index < -0.39 is 6.04 Å². The maximum atomic E-state index is 14.8. The number of hydrogen-bond acceptors (Lipinski definition) is 5. The number of carbonyl (C=O) groups is 1. The number of urea groups is 1. The minimum Gasteiger partial charge on any atom is -0.497 e. The Morgan fingerprint density at radius 2 is 1.48 bits per heavy atom. The van der Waals surface area contributed by atoms with Gasteiger partial charge in [-0.1, -0.05) is 47.5 Å². The molecular weight excluding hydrogens is 595 g/mol. The Hall–Kier alpha value is -3.26. The van der Waals surface area contributed by atoms with Crippen LogP contribution in [0.25, 0.3) is 0 Å². The van der Waals surface area contributed by atoms with E-state index in [1.807, 2.05) is 90.4 Å². The van der Waals surface area contributed by atoms with Gasteiger partial charge in [-0.15, -0.1) is 0 Å². The highest BCUT2D eigenvalue weighted by molar-refractivity contribution is 6.30. The summed E-state index contributed by atoms with van der Waals surface area (Å²) in [4.78, 5) is 26.6. The fourth-order valence-electron chi connectivity index (χ4n) is 6.70. The highest BCUT2D eigenvalue weighted by atomic mass is 35.5. The standard InChI is InChI=1S/C35H40Cl2N4O3/c1-23(2)44-31-22-29(43-3)14-15-30(31)34-38-32(24-6-10-26(36)11-7-24)33(25-8-12-27(37)13-9-25)41(34)35(42)40-20-16-28(17-21-40)39-18-4-5-19-39/h6-15,22-23,28,32-33H,4-5,16-21H2,1-3H3. The van der Waals surface area contributed by atoms with E-state index in [0.717, 1.165) is 29.5 Å². The van der Waals surface area contributed by atoms with Gasteiger partial charge in [-0.2, -0.15) is 0 Å². The molecule has 232 valence electrons. The van der Waals surface area contributed by atoms with Crippen LogP contribution in [0.5, 0.6) is 11.5 Å². The number of rotatable bonds is 7. The molecule has 3 aliphatic heterocycles. The van der Waals surface area contributed by atoms with Crippen LogP contribution in [0, 0.1) is 0 Å². The molecule has 2 atom stereocenters. The largest absolute Gasteiger partial charge is 0.497 e. The monoisotopic (exact) mass is 634 g/mol. The minimum atomic E-state index is -0.402. The first-order valence-electron chi connectivity index (χ1n) is 15.6. The topological polar surface area (TPSA) is 57.6 Å². The number of benzene rings is 3. The Morgan fingerprint density at radius 3 is 2.07 bits per heavy atom. The molecule has 0 radical (unpaired) electrons. The van der Waals surface area contributed by atoms with Crippen LogP contribution in [0.15, 0.2) is 71.7 Å². The molecule has 2 amide bonds. The number of aliphatic imine (C=N–C) groups is 1. The summed E-state index contributed by atoms with van der Waals surface area (Å²) in [5, 5.41) is 1.29. The molecule has 3 aromatic rings. The molecule has 3 heterocycles. The van der Waals surface area contributed by atoms with Crippen molar-refractivity contribution in [2.45, 2.75) is 63.8 Å². The van der Waals surface area contributed by atoms with Gasteiger partial charge in [0.05, 0.1) is 24.8 Å². The predicted molar refractivity (Wildman–Crippen MR) is 176 cm³/mol. The number of amides is 2. The number of hydrogen-bond donors (Lipinski definition) is 0. The van der Waals surface area contributed by atoms with Crippen LogP contribution in [0.3, 0.4) is 0 Å². The lowest BCUT2D eigenvalue weighted by atomic mass is 9.93. The highest BCUT2D eigenvalue weighted by Gasteiger charge is 2.45. The first kappa shape index (κ1) is 30.8. The van der Waals surface area contributed by atoms with Crippen LogP contribution in [-0.4, -0.2) is 72.0 Å². The van der Waals surface area contributed by atoms with Gasteiger partial charge in [-0.25, -0.2) is 4.79 Å². The maximum Gasteiger partial charge on any atom is 0.326 e. The normalized spacial score (nSPS) is 21.2. The summed E-state index contributed by atoms with van der Waals surface area (Å²) in [6.07, 6.45) is 4.40. The lowest BCUT2D eigenvalue weighted by molar-refractivity contribution is 0.117. The Morgan fingerprint density at radius 1 is 0.864 bits per heavy atom. The average molecular weight is 636 g/mol. The van der Waals surface area contributed by atoms with E-state index in [2.05, 4.69) is 4.90 Å². The van der Waals surface area contributed by atoms with Crippen molar-refractivity contribution in [3.63, 3.8) is 0 Å². The molecule has 7 nitrogen and oxygen atoms in total. The van der Waals surface area contributed by atoms with Crippen LogP contribution < -0.4 is 9.47 Å². The van der Waals surface area contributed by atoms with Crippen LogP contribution in [-0.2, 0) is 0 Å². The molecule has 9 heteroatoms. The van der Waals surface area contributed by atoms with Crippen molar-refractivity contribution in [2.24, 2.45) is 4.99 Å². The summed E-state index contributed by atoms with van der Waals surface area (Å²) in [7, 11) is 1.63. The van der Waals surface area contributed by atoms with Crippen LogP contribution in [0.1, 0.15) is 68.3 Å². The van der Waals surface area contributed by atoms with Gasteiger partial charge in [0.15, 0.2) is 0 Å². The second-order valence-corrected chi connectivity index (χ2v) is 13.0. The van der Waals surface area contributed by atoms with Gasteiger partial charge in [-0.3, -0.25) is 9.89 Å². The Labute approximate surface area is 270 Å². The van der Waals surface area contributed by atoms with Crippen molar-refractivity contribution in [1.82, 2.24) is 14.7 Å². The second kappa shape index (κ2) is 13.4. The van der Waals surface area contributed by atoms with Crippen LogP contribution in [0.4, 0.5) is 4.79 Å². The molecule has 0 N–H and O–H groups in total. The third kappa shape index (κ3) is 6.42.